The zero-order valence-electron chi connectivity index (χ0n) is 11.8. The van der Waals surface area contributed by atoms with Gasteiger partial charge in [0, 0.05) is 6.08 Å². The van der Waals surface area contributed by atoms with Crippen molar-refractivity contribution in [2.45, 2.75) is 46.1 Å². The molecule has 0 amide bonds. The molecule has 0 saturated heterocycles. The molecule has 1 N–H and O–H groups in total. The molecule has 0 spiro atoms. The molecule has 0 bridgehead atoms. The quantitative estimate of drug-likeness (QED) is 0.620. The monoisotopic (exact) mass is 252 g/mol. The molecule has 2 aliphatic rings. The van der Waals surface area contributed by atoms with Crippen molar-refractivity contribution in [2.75, 3.05) is 6.61 Å². The molecule has 0 heterocycles. The molecule has 3 nitrogen and oxygen atoms in total. The molecule has 2 fully saturated rings. The number of allylic oxidation sites excluding steroid dienone is 1. The van der Waals surface area contributed by atoms with Crippen LogP contribution < -0.4 is 0 Å². The number of ether oxygens (including phenoxy) is 1. The molecule has 0 aromatic rings. The van der Waals surface area contributed by atoms with Crippen LogP contribution in [0.15, 0.2) is 12.2 Å². The van der Waals surface area contributed by atoms with Crippen molar-refractivity contribution in [3.63, 3.8) is 0 Å². The minimum atomic E-state index is -0.580. The molecule has 18 heavy (non-hydrogen) atoms. The van der Waals surface area contributed by atoms with Crippen LogP contribution in [-0.4, -0.2) is 23.3 Å². The molecule has 0 aromatic carbocycles. The van der Waals surface area contributed by atoms with Crippen LogP contribution in [-0.2, 0) is 9.53 Å². The summed E-state index contributed by atoms with van der Waals surface area (Å²) in [6, 6.07) is 0. The lowest BCUT2D eigenvalue weighted by molar-refractivity contribution is -0.138. The Morgan fingerprint density at radius 2 is 2.11 bits per heavy atom. The molecule has 3 heteroatoms. The Kier molecular flexibility index (Phi) is 3.30. The van der Waals surface area contributed by atoms with Crippen LogP contribution in [0, 0.1) is 23.2 Å². The number of aliphatic hydroxyl groups is 1. The standard InChI is InChI=1S/C15H24O3/c1-5-18-12(16)7-6-10-13-11(14(10,2)3)8-9-15(13,4)17/h6-7,10-11,13,17H,5,8-9H2,1-4H3/b7-6+/t10-,11-,13-,15+/m0/s1. The largest absolute Gasteiger partial charge is 0.463 e. The minimum absolute atomic E-state index is 0.175. The van der Waals surface area contributed by atoms with Gasteiger partial charge in [-0.25, -0.2) is 4.79 Å². The van der Waals surface area contributed by atoms with E-state index in [0.717, 1.165) is 12.8 Å². The highest BCUT2D eigenvalue weighted by Crippen LogP contribution is 2.66. The Morgan fingerprint density at radius 3 is 2.72 bits per heavy atom. The number of rotatable bonds is 3. The van der Waals surface area contributed by atoms with Gasteiger partial charge in [-0.3, -0.25) is 0 Å². The smallest absolute Gasteiger partial charge is 0.330 e. The van der Waals surface area contributed by atoms with E-state index >= 15 is 0 Å². The summed E-state index contributed by atoms with van der Waals surface area (Å²) in [5.74, 6) is 0.848. The zero-order chi connectivity index (χ0) is 13.6. The van der Waals surface area contributed by atoms with Gasteiger partial charge in [0.2, 0.25) is 0 Å². The molecule has 2 aliphatic carbocycles. The van der Waals surface area contributed by atoms with Gasteiger partial charge in [0.25, 0.3) is 0 Å². The van der Waals surface area contributed by atoms with Crippen molar-refractivity contribution in [1.29, 1.82) is 0 Å². The van der Waals surface area contributed by atoms with E-state index in [1.165, 1.54) is 6.08 Å². The summed E-state index contributed by atoms with van der Waals surface area (Å²) in [6.07, 6.45) is 5.43. The third kappa shape index (κ3) is 1.99. The highest BCUT2D eigenvalue weighted by molar-refractivity contribution is 5.81. The van der Waals surface area contributed by atoms with E-state index < -0.39 is 5.60 Å². The van der Waals surface area contributed by atoms with E-state index in [1.807, 2.05) is 13.0 Å². The summed E-state index contributed by atoms with van der Waals surface area (Å²) in [7, 11) is 0. The fraction of sp³-hybridized carbons (Fsp3) is 0.800. The first-order valence-corrected chi connectivity index (χ1v) is 6.88. The molecular formula is C15H24O3. The van der Waals surface area contributed by atoms with Crippen molar-refractivity contribution in [1.82, 2.24) is 0 Å². The maximum Gasteiger partial charge on any atom is 0.330 e. The number of esters is 1. The second-order valence-corrected chi connectivity index (χ2v) is 6.49. The zero-order valence-corrected chi connectivity index (χ0v) is 11.8. The maximum atomic E-state index is 11.4. The van der Waals surface area contributed by atoms with E-state index in [4.69, 9.17) is 4.74 Å². The molecule has 2 saturated carbocycles. The van der Waals surface area contributed by atoms with Gasteiger partial charge in [-0.05, 0) is 49.9 Å². The molecule has 2 rings (SSSR count). The predicted octanol–water partition coefficient (Wildman–Crippen LogP) is 2.54. The summed E-state index contributed by atoms with van der Waals surface area (Å²) in [5.41, 5.74) is -0.405. The van der Waals surface area contributed by atoms with Crippen molar-refractivity contribution < 1.29 is 14.6 Å². The SMILES string of the molecule is CCOC(=O)/C=C/[C@H]1[C@H]2[C@H](CC[C@@]2(C)O)C1(C)C. The van der Waals surface area contributed by atoms with Gasteiger partial charge in [0.15, 0.2) is 0 Å². The Hall–Kier alpha value is -0.830. The van der Waals surface area contributed by atoms with Gasteiger partial charge in [-0.15, -0.1) is 0 Å². The number of hydrogen-bond donors (Lipinski definition) is 1. The first kappa shape index (κ1) is 13.6. The molecule has 102 valence electrons. The third-order valence-corrected chi connectivity index (χ3v) is 5.04. The molecule has 0 unspecified atom stereocenters. The van der Waals surface area contributed by atoms with E-state index in [0.29, 0.717) is 12.5 Å². The minimum Gasteiger partial charge on any atom is -0.463 e. The lowest BCUT2D eigenvalue weighted by Crippen LogP contribution is -2.56. The van der Waals surface area contributed by atoms with Crippen LogP contribution in [0.2, 0.25) is 0 Å². The number of hydrogen-bond acceptors (Lipinski definition) is 3. The summed E-state index contributed by atoms with van der Waals surface area (Å²) in [4.78, 5) is 11.4. The van der Waals surface area contributed by atoms with Crippen molar-refractivity contribution in [3.05, 3.63) is 12.2 Å². The van der Waals surface area contributed by atoms with E-state index in [9.17, 15) is 9.90 Å². The Morgan fingerprint density at radius 1 is 1.44 bits per heavy atom. The maximum absolute atomic E-state index is 11.4. The summed E-state index contributed by atoms with van der Waals surface area (Å²) in [5, 5.41) is 10.4. The van der Waals surface area contributed by atoms with Crippen LogP contribution in [0.1, 0.15) is 40.5 Å². The van der Waals surface area contributed by atoms with Gasteiger partial charge < -0.3 is 9.84 Å². The molecule has 0 radical (unpaired) electrons. The summed E-state index contributed by atoms with van der Waals surface area (Å²) < 4.78 is 4.90. The van der Waals surface area contributed by atoms with Crippen LogP contribution in [0.3, 0.4) is 0 Å². The molecular weight excluding hydrogens is 228 g/mol. The van der Waals surface area contributed by atoms with Gasteiger partial charge in [0.05, 0.1) is 12.2 Å². The predicted molar refractivity (Wildman–Crippen MR) is 69.9 cm³/mol. The number of carbonyl (C=O) groups is 1. The Bertz CT molecular complexity index is 368. The average Bonchev–Trinajstić information content (AvgIpc) is 2.53. The molecule has 4 atom stereocenters. The Labute approximate surface area is 109 Å². The normalized spacial score (nSPS) is 41.5. The third-order valence-electron chi connectivity index (χ3n) is 5.04. The second kappa shape index (κ2) is 4.37. The Balaban J connectivity index is 2.10. The van der Waals surface area contributed by atoms with Crippen LogP contribution >= 0.6 is 0 Å². The van der Waals surface area contributed by atoms with E-state index in [1.54, 1.807) is 6.92 Å². The number of carbonyl (C=O) groups excluding carboxylic acids is 1. The average molecular weight is 252 g/mol. The van der Waals surface area contributed by atoms with Gasteiger partial charge >= 0.3 is 5.97 Å². The second-order valence-electron chi connectivity index (χ2n) is 6.49. The topological polar surface area (TPSA) is 46.5 Å². The first-order chi connectivity index (χ1) is 8.30. The lowest BCUT2D eigenvalue weighted by atomic mass is 9.47. The molecule has 0 aromatic heterocycles. The highest BCUT2D eigenvalue weighted by atomic mass is 16.5. The highest BCUT2D eigenvalue weighted by Gasteiger charge is 2.63. The lowest BCUT2D eigenvalue weighted by Gasteiger charge is -2.58. The van der Waals surface area contributed by atoms with Gasteiger partial charge in [0.1, 0.15) is 0 Å². The van der Waals surface area contributed by atoms with E-state index in [2.05, 4.69) is 13.8 Å². The van der Waals surface area contributed by atoms with Crippen LogP contribution in [0.25, 0.3) is 0 Å². The van der Waals surface area contributed by atoms with Crippen molar-refractivity contribution in [2.24, 2.45) is 23.2 Å². The van der Waals surface area contributed by atoms with Gasteiger partial charge in [-0.1, -0.05) is 19.9 Å². The fourth-order valence-electron chi connectivity index (χ4n) is 4.03. The van der Waals surface area contributed by atoms with Crippen LogP contribution in [0.5, 0.6) is 0 Å². The van der Waals surface area contributed by atoms with E-state index in [-0.39, 0.29) is 23.2 Å². The summed E-state index contributed by atoms with van der Waals surface area (Å²) in [6.45, 7) is 8.60. The van der Waals surface area contributed by atoms with Crippen LogP contribution in [0.4, 0.5) is 0 Å². The number of fused-ring (bicyclic) bond motifs is 1. The fourth-order valence-corrected chi connectivity index (χ4v) is 4.03. The molecule has 0 aliphatic heterocycles. The van der Waals surface area contributed by atoms with Crippen molar-refractivity contribution in [3.8, 4) is 0 Å². The van der Waals surface area contributed by atoms with Gasteiger partial charge in [-0.2, -0.15) is 0 Å². The first-order valence-electron chi connectivity index (χ1n) is 6.88. The summed E-state index contributed by atoms with van der Waals surface area (Å²) >= 11 is 0. The van der Waals surface area contributed by atoms with Crippen molar-refractivity contribution >= 4 is 5.97 Å².